The monoisotopic (exact) mass is 267 g/mol. The largest absolute Gasteiger partial charge is 0.801 e. The van der Waals surface area contributed by atoms with Crippen molar-refractivity contribution in [2.24, 2.45) is 0 Å². The van der Waals surface area contributed by atoms with Gasteiger partial charge in [-0.15, -0.1) is 0 Å². The summed E-state index contributed by atoms with van der Waals surface area (Å²) in [6, 6.07) is -1.09. The number of methoxy groups -OCH3 is 1. The van der Waals surface area contributed by atoms with Crippen molar-refractivity contribution < 1.29 is 23.3 Å². The average Bonchev–Trinajstić information content (AvgIpc) is 2.47. The normalized spacial score (nSPS) is 38.5. The Morgan fingerprint density at radius 2 is 2.25 bits per heavy atom. The molecule has 1 heterocycles. The molecule has 0 aromatic heterocycles. The molecule has 5 atom stereocenters. The van der Waals surface area contributed by atoms with Crippen molar-refractivity contribution in [3.8, 4) is 0 Å². The fraction of sp³-hybridized carbons (Fsp3) is 1.00. The molecular formula is C8H14BFO4PS-. The van der Waals surface area contributed by atoms with Crippen molar-refractivity contribution in [1.29, 1.82) is 0 Å². The van der Waals surface area contributed by atoms with E-state index < -0.39 is 30.9 Å². The van der Waals surface area contributed by atoms with Gasteiger partial charge >= 0.3 is 0 Å². The van der Waals surface area contributed by atoms with Gasteiger partial charge in [0.1, 0.15) is 26.2 Å². The van der Waals surface area contributed by atoms with Crippen LogP contribution in [0.5, 0.6) is 0 Å². The molecule has 0 N–H and O–H groups in total. The Morgan fingerprint density at radius 3 is 2.75 bits per heavy atom. The number of alkyl halides is 1. The quantitative estimate of drug-likeness (QED) is 0.516. The molecule has 0 saturated carbocycles. The van der Waals surface area contributed by atoms with Crippen LogP contribution in [-0.4, -0.2) is 52.1 Å². The molecule has 0 aliphatic carbocycles. The van der Waals surface area contributed by atoms with Gasteiger partial charge in [-0.25, -0.2) is 4.39 Å². The third-order valence-electron chi connectivity index (χ3n) is 2.33. The summed E-state index contributed by atoms with van der Waals surface area (Å²) in [7, 11) is 6.84. The molecular weight excluding hydrogens is 253 g/mol. The van der Waals surface area contributed by atoms with E-state index in [4.69, 9.17) is 33.7 Å². The molecule has 0 bridgehead atoms. The predicted molar refractivity (Wildman–Crippen MR) is 60.9 cm³/mol. The lowest BCUT2D eigenvalue weighted by molar-refractivity contribution is -0.189. The predicted octanol–water partition coefficient (Wildman–Crippen LogP) is -0.0608. The smallest absolute Gasteiger partial charge is 0.146 e. The van der Waals surface area contributed by atoms with Gasteiger partial charge in [-0.2, -0.15) is 0 Å². The minimum atomic E-state index is -3.20. The summed E-state index contributed by atoms with van der Waals surface area (Å²) in [4.78, 5) is 11.6. The Kier molecular flexibility index (Phi) is 5.36. The maximum absolute atomic E-state index is 13.6. The summed E-state index contributed by atoms with van der Waals surface area (Å²) < 4.78 is 28.7. The summed E-state index contributed by atoms with van der Waals surface area (Å²) in [5, 5.41) is 0. The summed E-state index contributed by atoms with van der Waals surface area (Å²) in [6.07, 6.45) is -3.06. The van der Waals surface area contributed by atoms with Gasteiger partial charge in [0.25, 0.3) is 0 Å². The Hall–Kier alpha value is 0.485. The van der Waals surface area contributed by atoms with E-state index in [0.29, 0.717) is 0 Å². The molecule has 8 heteroatoms. The van der Waals surface area contributed by atoms with Gasteiger partial charge in [0, 0.05) is 7.11 Å². The van der Waals surface area contributed by atoms with E-state index in [1.165, 1.54) is 7.11 Å². The maximum Gasteiger partial charge on any atom is 0.146 e. The number of halogens is 1. The topological polar surface area (TPSA) is 50.8 Å². The van der Waals surface area contributed by atoms with Gasteiger partial charge in [0.05, 0.1) is 12.6 Å². The van der Waals surface area contributed by atoms with Crippen LogP contribution in [0.1, 0.15) is 6.92 Å². The summed E-state index contributed by atoms with van der Waals surface area (Å²) >= 11 is 4.74. The van der Waals surface area contributed by atoms with Crippen LogP contribution in [0.2, 0.25) is 0 Å². The molecule has 16 heavy (non-hydrogen) atoms. The SMILES string of the molecule is [B][C@@H]1O[C@H](COC)C(OP([O-])(=S)CC)[C@@H]1F. The second kappa shape index (κ2) is 5.89. The van der Waals surface area contributed by atoms with Crippen LogP contribution in [0.3, 0.4) is 0 Å². The fourth-order valence-electron chi connectivity index (χ4n) is 1.43. The Balaban J connectivity index is 2.70. The van der Waals surface area contributed by atoms with Crippen molar-refractivity contribution in [1.82, 2.24) is 0 Å². The molecule has 0 amide bonds. The van der Waals surface area contributed by atoms with Crippen molar-refractivity contribution in [2.75, 3.05) is 19.9 Å². The standard InChI is InChI=1S/C8H15BFO4PS/c1-3-15(11,16)14-7-5(4-12-2)13-8(9)6(7)10/h5-8H,3-4H2,1-2H3,(H,11,16)/p-1/t5-,6+,7?,8-,15?/m1/s1. The van der Waals surface area contributed by atoms with Crippen LogP contribution in [-0.2, 0) is 25.8 Å². The fourth-order valence-corrected chi connectivity index (χ4v) is 2.50. The van der Waals surface area contributed by atoms with Crippen molar-refractivity contribution in [2.45, 2.75) is 31.3 Å². The number of ether oxygens (including phenoxy) is 2. The lowest BCUT2D eigenvalue weighted by atomic mass is 9.94. The third kappa shape index (κ3) is 3.49. The van der Waals surface area contributed by atoms with Crippen LogP contribution in [0, 0.1) is 0 Å². The molecule has 1 fully saturated rings. The molecule has 1 saturated heterocycles. The van der Waals surface area contributed by atoms with E-state index in [1.54, 1.807) is 6.92 Å². The van der Waals surface area contributed by atoms with Crippen LogP contribution in [0.25, 0.3) is 0 Å². The van der Waals surface area contributed by atoms with Crippen LogP contribution >= 0.6 is 6.49 Å². The molecule has 0 aromatic rings. The number of rotatable bonds is 5. The highest BCUT2D eigenvalue weighted by Crippen LogP contribution is 2.42. The highest BCUT2D eigenvalue weighted by atomic mass is 32.5. The van der Waals surface area contributed by atoms with Gasteiger partial charge in [-0.1, -0.05) is 18.7 Å². The first-order valence-corrected chi connectivity index (χ1v) is 7.76. The first kappa shape index (κ1) is 14.5. The zero-order valence-corrected chi connectivity index (χ0v) is 10.9. The molecule has 4 nitrogen and oxygen atoms in total. The summed E-state index contributed by atoms with van der Waals surface area (Å²) in [5.41, 5.74) is 0. The van der Waals surface area contributed by atoms with E-state index in [1.807, 2.05) is 0 Å². The number of hydrogen-bond acceptors (Lipinski definition) is 5. The molecule has 2 radical (unpaired) electrons. The van der Waals surface area contributed by atoms with Crippen LogP contribution in [0.4, 0.5) is 4.39 Å². The second-order valence-electron chi connectivity index (χ2n) is 3.54. The minimum Gasteiger partial charge on any atom is -0.801 e. The molecule has 2 unspecified atom stereocenters. The third-order valence-corrected chi connectivity index (χ3v) is 4.70. The van der Waals surface area contributed by atoms with E-state index in [-0.39, 0.29) is 12.8 Å². The van der Waals surface area contributed by atoms with E-state index in [2.05, 4.69) is 0 Å². The maximum atomic E-state index is 13.6. The summed E-state index contributed by atoms with van der Waals surface area (Å²) in [6.45, 7) is -1.45. The molecule has 0 aromatic carbocycles. The zero-order chi connectivity index (χ0) is 12.3. The van der Waals surface area contributed by atoms with Gasteiger partial charge in [0.15, 0.2) is 0 Å². The van der Waals surface area contributed by atoms with Gasteiger partial charge in [0.2, 0.25) is 0 Å². The van der Waals surface area contributed by atoms with Gasteiger partial charge < -0.3 is 18.9 Å². The van der Waals surface area contributed by atoms with Crippen molar-refractivity contribution in [3.63, 3.8) is 0 Å². The van der Waals surface area contributed by atoms with E-state index >= 15 is 0 Å². The first-order valence-electron chi connectivity index (χ1n) is 4.93. The minimum absolute atomic E-state index is 0.123. The Morgan fingerprint density at radius 1 is 1.62 bits per heavy atom. The van der Waals surface area contributed by atoms with Crippen LogP contribution in [0.15, 0.2) is 0 Å². The van der Waals surface area contributed by atoms with Crippen molar-refractivity contribution >= 4 is 26.1 Å². The zero-order valence-electron chi connectivity index (χ0n) is 9.17. The lowest BCUT2D eigenvalue weighted by Crippen LogP contribution is -2.35. The molecule has 1 aliphatic heterocycles. The van der Waals surface area contributed by atoms with Gasteiger partial charge in [-0.05, 0) is 12.7 Å². The lowest BCUT2D eigenvalue weighted by Gasteiger charge is -2.32. The number of hydrogen-bond donors (Lipinski definition) is 0. The van der Waals surface area contributed by atoms with E-state index in [9.17, 15) is 9.28 Å². The molecule has 1 aliphatic rings. The molecule has 0 spiro atoms. The highest BCUT2D eigenvalue weighted by Gasteiger charge is 2.43. The molecule has 92 valence electrons. The van der Waals surface area contributed by atoms with E-state index in [0.717, 1.165) is 0 Å². The summed E-state index contributed by atoms with van der Waals surface area (Å²) in [5.74, 6) is 0. The second-order valence-corrected chi connectivity index (χ2v) is 7.27. The van der Waals surface area contributed by atoms with Gasteiger partial charge in [-0.3, -0.25) is 0 Å². The van der Waals surface area contributed by atoms with Crippen molar-refractivity contribution in [3.05, 3.63) is 0 Å². The average molecular weight is 267 g/mol. The molecule has 1 rings (SSSR count). The highest BCUT2D eigenvalue weighted by molar-refractivity contribution is 8.08. The first-order chi connectivity index (χ1) is 7.41. The van der Waals surface area contributed by atoms with Crippen LogP contribution < -0.4 is 4.89 Å². The Bertz CT molecular complexity index is 283. The Labute approximate surface area is 101 Å².